The van der Waals surface area contributed by atoms with E-state index >= 15 is 0 Å². The van der Waals surface area contributed by atoms with Gasteiger partial charge in [0.2, 0.25) is 5.71 Å². The molecule has 0 saturated carbocycles. The standard InChI is InChI=1S/C30H18N2O/c1-2-8-19(9-3-1)27-21-10-4-6-12-23(21)28(24-13-7-5-11-22(24)27)20-14-15-26-25(18-20)29-30(33-26)32-17-16-31-29/h1-18H. The van der Waals surface area contributed by atoms with E-state index in [9.17, 15) is 0 Å². The van der Waals surface area contributed by atoms with Crippen molar-refractivity contribution in [2.45, 2.75) is 0 Å². The molecule has 33 heavy (non-hydrogen) atoms. The van der Waals surface area contributed by atoms with E-state index < -0.39 is 0 Å². The molecule has 0 aliphatic rings. The van der Waals surface area contributed by atoms with Crippen LogP contribution in [0.4, 0.5) is 0 Å². The quantitative estimate of drug-likeness (QED) is 0.265. The first-order valence-electron chi connectivity index (χ1n) is 11.0. The molecule has 0 fully saturated rings. The smallest absolute Gasteiger partial charge is 0.246 e. The summed E-state index contributed by atoms with van der Waals surface area (Å²) in [5.41, 5.74) is 7.02. The van der Waals surface area contributed by atoms with Gasteiger partial charge >= 0.3 is 0 Å². The summed E-state index contributed by atoms with van der Waals surface area (Å²) < 4.78 is 5.92. The Morgan fingerprint density at radius 1 is 0.485 bits per heavy atom. The van der Waals surface area contributed by atoms with Gasteiger partial charge in [0.1, 0.15) is 11.1 Å². The minimum Gasteiger partial charge on any atom is -0.436 e. The van der Waals surface area contributed by atoms with Crippen LogP contribution in [0, 0.1) is 0 Å². The average molecular weight is 422 g/mol. The van der Waals surface area contributed by atoms with E-state index in [4.69, 9.17) is 4.42 Å². The number of hydrogen-bond acceptors (Lipinski definition) is 3. The van der Waals surface area contributed by atoms with Crippen molar-refractivity contribution in [1.29, 1.82) is 0 Å². The van der Waals surface area contributed by atoms with Crippen molar-refractivity contribution in [1.82, 2.24) is 9.97 Å². The zero-order valence-corrected chi connectivity index (χ0v) is 17.7. The molecule has 0 radical (unpaired) electrons. The topological polar surface area (TPSA) is 38.9 Å². The average Bonchev–Trinajstić information content (AvgIpc) is 3.25. The molecule has 2 aromatic heterocycles. The first-order valence-corrected chi connectivity index (χ1v) is 11.0. The van der Waals surface area contributed by atoms with Crippen LogP contribution >= 0.6 is 0 Å². The number of furan rings is 1. The van der Waals surface area contributed by atoms with Crippen LogP contribution in [0.15, 0.2) is 114 Å². The Morgan fingerprint density at radius 3 is 1.73 bits per heavy atom. The lowest BCUT2D eigenvalue weighted by molar-refractivity contribution is 0.653. The number of nitrogens with zero attached hydrogens (tertiary/aromatic N) is 2. The molecule has 0 saturated heterocycles. The van der Waals surface area contributed by atoms with Gasteiger partial charge < -0.3 is 4.42 Å². The molecule has 0 aliphatic carbocycles. The summed E-state index contributed by atoms with van der Waals surface area (Å²) in [7, 11) is 0. The fourth-order valence-electron chi connectivity index (χ4n) is 5.00. The van der Waals surface area contributed by atoms with E-state index in [1.54, 1.807) is 12.4 Å². The first-order chi connectivity index (χ1) is 16.4. The molecule has 0 unspecified atom stereocenters. The molecule has 3 heteroatoms. The van der Waals surface area contributed by atoms with Gasteiger partial charge in [-0.2, -0.15) is 0 Å². The lowest BCUT2D eigenvalue weighted by atomic mass is 9.86. The van der Waals surface area contributed by atoms with Gasteiger partial charge in [-0.05, 0) is 55.9 Å². The van der Waals surface area contributed by atoms with Crippen molar-refractivity contribution in [2.24, 2.45) is 0 Å². The third-order valence-corrected chi connectivity index (χ3v) is 6.39. The number of hydrogen-bond donors (Lipinski definition) is 0. The van der Waals surface area contributed by atoms with Crippen molar-refractivity contribution in [3.8, 4) is 22.3 Å². The third-order valence-electron chi connectivity index (χ3n) is 6.39. The van der Waals surface area contributed by atoms with E-state index in [-0.39, 0.29) is 0 Å². The van der Waals surface area contributed by atoms with Gasteiger partial charge in [-0.25, -0.2) is 9.97 Å². The minimum absolute atomic E-state index is 0.568. The lowest BCUT2D eigenvalue weighted by Crippen LogP contribution is -1.90. The van der Waals surface area contributed by atoms with E-state index in [0.717, 1.165) is 22.0 Å². The summed E-state index contributed by atoms with van der Waals surface area (Å²) in [5.74, 6) is 0. The van der Waals surface area contributed by atoms with Crippen molar-refractivity contribution in [2.75, 3.05) is 0 Å². The molecule has 7 aromatic rings. The van der Waals surface area contributed by atoms with E-state index in [1.165, 1.54) is 38.2 Å². The first kappa shape index (κ1) is 18.1. The molecule has 7 rings (SSSR count). The summed E-state index contributed by atoms with van der Waals surface area (Å²) in [6.45, 7) is 0. The van der Waals surface area contributed by atoms with Crippen molar-refractivity contribution >= 4 is 43.7 Å². The summed E-state index contributed by atoms with van der Waals surface area (Å²) in [6.07, 6.45) is 3.37. The van der Waals surface area contributed by atoms with Crippen LogP contribution in [0.25, 0.3) is 66.0 Å². The highest BCUT2D eigenvalue weighted by atomic mass is 16.3. The Bertz CT molecular complexity index is 1760. The second-order valence-corrected chi connectivity index (χ2v) is 8.23. The molecule has 0 aliphatic heterocycles. The zero-order chi connectivity index (χ0) is 21.8. The second kappa shape index (κ2) is 7.01. The van der Waals surface area contributed by atoms with Crippen LogP contribution in [0.5, 0.6) is 0 Å². The van der Waals surface area contributed by atoms with E-state index in [1.807, 2.05) is 6.07 Å². The maximum absolute atomic E-state index is 5.92. The van der Waals surface area contributed by atoms with Gasteiger partial charge in [-0.15, -0.1) is 0 Å². The molecule has 0 amide bonds. The predicted molar refractivity (Wildman–Crippen MR) is 135 cm³/mol. The highest BCUT2D eigenvalue weighted by Gasteiger charge is 2.17. The highest BCUT2D eigenvalue weighted by molar-refractivity contribution is 6.22. The van der Waals surface area contributed by atoms with Crippen LogP contribution < -0.4 is 0 Å². The Kier molecular flexibility index (Phi) is 3.84. The number of rotatable bonds is 2. The summed E-state index contributed by atoms with van der Waals surface area (Å²) in [5, 5.41) is 5.93. The third kappa shape index (κ3) is 2.69. The van der Waals surface area contributed by atoms with Gasteiger partial charge in [0.25, 0.3) is 0 Å². The van der Waals surface area contributed by atoms with Gasteiger partial charge in [0.15, 0.2) is 0 Å². The van der Waals surface area contributed by atoms with Crippen LogP contribution in [-0.4, -0.2) is 9.97 Å². The predicted octanol–water partition coefficient (Wildman–Crippen LogP) is 8.02. The monoisotopic (exact) mass is 422 g/mol. The van der Waals surface area contributed by atoms with Crippen molar-refractivity contribution < 1.29 is 4.42 Å². The lowest BCUT2D eigenvalue weighted by Gasteiger charge is -2.17. The molecular weight excluding hydrogens is 404 g/mol. The molecule has 3 nitrogen and oxygen atoms in total. The molecule has 5 aromatic carbocycles. The molecule has 2 heterocycles. The normalized spacial score (nSPS) is 11.6. The molecule has 0 N–H and O–H groups in total. The number of benzene rings is 5. The molecular formula is C30H18N2O. The Hall–Kier alpha value is -4.50. The molecule has 0 spiro atoms. The summed E-state index contributed by atoms with van der Waals surface area (Å²) in [6, 6.07) is 34.4. The molecule has 0 bridgehead atoms. The minimum atomic E-state index is 0.568. The van der Waals surface area contributed by atoms with Crippen LogP contribution in [0.1, 0.15) is 0 Å². The Labute approximate surface area is 190 Å². The van der Waals surface area contributed by atoms with Gasteiger partial charge in [0.05, 0.1) is 0 Å². The molecule has 0 atom stereocenters. The van der Waals surface area contributed by atoms with Crippen LogP contribution in [0.3, 0.4) is 0 Å². The Morgan fingerprint density at radius 2 is 1.06 bits per heavy atom. The fraction of sp³-hybridized carbons (Fsp3) is 0. The van der Waals surface area contributed by atoms with Gasteiger partial charge in [0, 0.05) is 17.8 Å². The Balaban J connectivity index is 1.63. The van der Waals surface area contributed by atoms with Crippen LogP contribution in [-0.2, 0) is 0 Å². The number of fused-ring (bicyclic) bond motifs is 5. The SMILES string of the molecule is c1ccc(-c2c3ccccc3c(-c3ccc4oc5nccnc5c4c3)c3ccccc23)cc1. The van der Waals surface area contributed by atoms with E-state index in [2.05, 4.69) is 101 Å². The van der Waals surface area contributed by atoms with Crippen molar-refractivity contribution in [3.05, 3.63) is 109 Å². The largest absolute Gasteiger partial charge is 0.436 e. The van der Waals surface area contributed by atoms with Gasteiger partial charge in [-0.1, -0.05) is 84.9 Å². The van der Waals surface area contributed by atoms with Crippen LogP contribution in [0.2, 0.25) is 0 Å². The maximum atomic E-state index is 5.92. The summed E-state index contributed by atoms with van der Waals surface area (Å²) in [4.78, 5) is 8.86. The number of aromatic nitrogens is 2. The fourth-order valence-corrected chi connectivity index (χ4v) is 5.00. The zero-order valence-electron chi connectivity index (χ0n) is 17.7. The van der Waals surface area contributed by atoms with Crippen molar-refractivity contribution in [3.63, 3.8) is 0 Å². The maximum Gasteiger partial charge on any atom is 0.246 e. The highest BCUT2D eigenvalue weighted by Crippen LogP contribution is 2.44. The van der Waals surface area contributed by atoms with E-state index in [0.29, 0.717) is 5.71 Å². The molecule has 154 valence electrons. The van der Waals surface area contributed by atoms with Gasteiger partial charge in [-0.3, -0.25) is 0 Å². The summed E-state index contributed by atoms with van der Waals surface area (Å²) >= 11 is 0. The second-order valence-electron chi connectivity index (χ2n) is 8.23.